The van der Waals surface area contributed by atoms with Gasteiger partial charge in [0.25, 0.3) is 0 Å². The lowest BCUT2D eigenvalue weighted by molar-refractivity contribution is -0.137. The Hall–Kier alpha value is -2.77. The molecule has 0 unspecified atom stereocenters. The highest BCUT2D eigenvalue weighted by atomic mass is 16.5. The van der Waals surface area contributed by atoms with Gasteiger partial charge in [0.15, 0.2) is 0 Å². The van der Waals surface area contributed by atoms with Gasteiger partial charge in [-0.1, -0.05) is 0 Å². The average Bonchev–Trinajstić information content (AvgIpc) is 2.44. The van der Waals surface area contributed by atoms with Gasteiger partial charge in [0.2, 0.25) is 5.91 Å². The minimum Gasteiger partial charge on any atom is -0.495 e. The van der Waals surface area contributed by atoms with Crippen LogP contribution in [0.2, 0.25) is 0 Å². The van der Waals surface area contributed by atoms with E-state index >= 15 is 0 Å². The van der Waals surface area contributed by atoms with Gasteiger partial charge in [-0.2, -0.15) is 0 Å². The highest BCUT2D eigenvalue weighted by molar-refractivity contribution is 5.94. The van der Waals surface area contributed by atoms with Crippen molar-refractivity contribution in [1.82, 2.24) is 5.32 Å². The number of rotatable bonds is 7. The summed E-state index contributed by atoms with van der Waals surface area (Å²) in [7, 11) is 1.47. The summed E-state index contributed by atoms with van der Waals surface area (Å²) in [6.07, 6.45) is 0.243. The van der Waals surface area contributed by atoms with Crippen LogP contribution in [0.3, 0.4) is 0 Å². The highest BCUT2D eigenvalue weighted by Gasteiger charge is 2.22. The minimum absolute atomic E-state index is 0.0470. The summed E-state index contributed by atoms with van der Waals surface area (Å²) in [4.78, 5) is 33.9. The summed E-state index contributed by atoms with van der Waals surface area (Å²) in [5.41, 5.74) is 0.212. The molecule has 0 saturated carbocycles. The first-order valence-electron chi connectivity index (χ1n) is 7.39. The van der Waals surface area contributed by atoms with Crippen LogP contribution in [0.15, 0.2) is 18.2 Å². The first-order chi connectivity index (χ1) is 11.1. The number of hydrogen-bond donors (Lipinski definition) is 4. The molecule has 1 aromatic rings. The van der Waals surface area contributed by atoms with Crippen molar-refractivity contribution in [3.05, 3.63) is 18.2 Å². The second-order valence-electron chi connectivity index (χ2n) is 5.95. The zero-order valence-electron chi connectivity index (χ0n) is 14.2. The molecule has 0 aromatic heterocycles. The van der Waals surface area contributed by atoms with E-state index in [1.165, 1.54) is 14.0 Å². The Kier molecular flexibility index (Phi) is 6.58. The number of anilines is 2. The molecule has 4 N–H and O–H groups in total. The number of amides is 3. The Labute approximate surface area is 140 Å². The molecule has 8 heteroatoms. The quantitative estimate of drug-likeness (QED) is 0.609. The van der Waals surface area contributed by atoms with Crippen LogP contribution in [-0.4, -0.2) is 35.7 Å². The van der Waals surface area contributed by atoms with Crippen molar-refractivity contribution in [2.24, 2.45) is 0 Å². The Morgan fingerprint density at radius 1 is 1.21 bits per heavy atom. The van der Waals surface area contributed by atoms with Crippen molar-refractivity contribution in [2.75, 3.05) is 17.7 Å². The highest BCUT2D eigenvalue weighted by Crippen LogP contribution is 2.28. The summed E-state index contributed by atoms with van der Waals surface area (Å²) in [5.74, 6) is -0.720. The van der Waals surface area contributed by atoms with Gasteiger partial charge in [0, 0.05) is 24.6 Å². The standard InChI is InChI=1S/C16H23N3O5/c1-10(20)17-11-5-6-13(24-4)12(9-11)18-15(23)19-16(2,3)8-7-14(21)22/h5-6,9H,7-8H2,1-4H3,(H,17,20)(H,21,22)(H2,18,19,23). The SMILES string of the molecule is COc1ccc(NC(C)=O)cc1NC(=O)NC(C)(C)CCC(=O)O. The zero-order chi connectivity index (χ0) is 18.3. The lowest BCUT2D eigenvalue weighted by atomic mass is 9.99. The molecule has 24 heavy (non-hydrogen) atoms. The monoisotopic (exact) mass is 337 g/mol. The number of carbonyl (C=O) groups is 3. The fraction of sp³-hybridized carbons (Fsp3) is 0.438. The first-order valence-corrected chi connectivity index (χ1v) is 7.39. The largest absolute Gasteiger partial charge is 0.495 e. The number of carbonyl (C=O) groups excluding carboxylic acids is 2. The molecule has 0 heterocycles. The third-order valence-corrected chi connectivity index (χ3v) is 3.18. The van der Waals surface area contributed by atoms with Crippen LogP contribution >= 0.6 is 0 Å². The second-order valence-corrected chi connectivity index (χ2v) is 5.95. The van der Waals surface area contributed by atoms with Gasteiger partial charge in [-0.05, 0) is 38.5 Å². The third-order valence-electron chi connectivity index (χ3n) is 3.18. The molecule has 0 radical (unpaired) electrons. The van der Waals surface area contributed by atoms with Crippen molar-refractivity contribution in [3.63, 3.8) is 0 Å². The van der Waals surface area contributed by atoms with Crippen LogP contribution in [0, 0.1) is 0 Å². The molecular formula is C16H23N3O5. The van der Waals surface area contributed by atoms with Gasteiger partial charge in [-0.15, -0.1) is 0 Å². The van der Waals surface area contributed by atoms with Crippen LogP contribution in [0.1, 0.15) is 33.6 Å². The number of benzene rings is 1. The number of methoxy groups -OCH3 is 1. The number of hydrogen-bond acceptors (Lipinski definition) is 4. The fourth-order valence-electron chi connectivity index (χ4n) is 2.03. The molecular weight excluding hydrogens is 314 g/mol. The van der Waals surface area contributed by atoms with Crippen molar-refractivity contribution in [1.29, 1.82) is 0 Å². The molecule has 0 spiro atoms. The molecule has 0 saturated heterocycles. The molecule has 132 valence electrons. The smallest absolute Gasteiger partial charge is 0.319 e. The normalized spacial score (nSPS) is 10.7. The van der Waals surface area contributed by atoms with Gasteiger partial charge in [-0.25, -0.2) is 4.79 Å². The number of nitrogens with one attached hydrogen (secondary N) is 3. The molecule has 3 amide bonds. The Balaban J connectivity index is 2.81. The average molecular weight is 337 g/mol. The van der Waals surface area contributed by atoms with Crippen LogP contribution in [0.4, 0.5) is 16.2 Å². The third kappa shape index (κ3) is 6.55. The minimum atomic E-state index is -0.921. The van der Waals surface area contributed by atoms with E-state index in [1.54, 1.807) is 32.0 Å². The molecule has 1 rings (SSSR count). The van der Waals surface area contributed by atoms with E-state index in [0.717, 1.165) is 0 Å². The van der Waals surface area contributed by atoms with Gasteiger partial charge in [0.05, 0.1) is 12.8 Å². The van der Waals surface area contributed by atoms with Crippen LogP contribution in [0.5, 0.6) is 5.75 Å². The maximum absolute atomic E-state index is 12.2. The summed E-state index contributed by atoms with van der Waals surface area (Å²) < 4.78 is 5.18. The number of ether oxygens (including phenoxy) is 1. The molecule has 1 aromatic carbocycles. The molecule has 0 bridgehead atoms. The van der Waals surface area contributed by atoms with Crippen molar-refractivity contribution < 1.29 is 24.2 Å². The molecule has 0 fully saturated rings. The van der Waals surface area contributed by atoms with Crippen LogP contribution < -0.4 is 20.7 Å². The summed E-state index contributed by atoms with van der Waals surface area (Å²) in [6.45, 7) is 4.86. The number of urea groups is 1. The molecule has 0 aliphatic rings. The maximum atomic E-state index is 12.2. The van der Waals surface area contributed by atoms with Gasteiger partial charge in [0.1, 0.15) is 5.75 Å². The predicted octanol–water partition coefficient (Wildman–Crippen LogP) is 2.42. The fourth-order valence-corrected chi connectivity index (χ4v) is 2.03. The van der Waals surface area contributed by atoms with E-state index in [9.17, 15) is 14.4 Å². The predicted molar refractivity (Wildman–Crippen MR) is 90.4 cm³/mol. The molecule has 8 nitrogen and oxygen atoms in total. The van der Waals surface area contributed by atoms with E-state index in [-0.39, 0.29) is 12.3 Å². The van der Waals surface area contributed by atoms with E-state index < -0.39 is 17.5 Å². The summed E-state index contributed by atoms with van der Waals surface area (Å²) in [6, 6.07) is 4.35. The zero-order valence-corrected chi connectivity index (χ0v) is 14.2. The second kappa shape index (κ2) is 8.19. The molecule has 0 atom stereocenters. The first kappa shape index (κ1) is 19.3. The Bertz CT molecular complexity index is 628. The van der Waals surface area contributed by atoms with Gasteiger partial charge in [-0.3, -0.25) is 9.59 Å². The molecule has 0 aliphatic heterocycles. The topological polar surface area (TPSA) is 117 Å². The summed E-state index contributed by atoms with van der Waals surface area (Å²) >= 11 is 0. The number of aliphatic carboxylic acids is 1. The van der Waals surface area contributed by atoms with E-state index in [4.69, 9.17) is 9.84 Å². The lowest BCUT2D eigenvalue weighted by Crippen LogP contribution is -2.45. The van der Waals surface area contributed by atoms with Gasteiger partial charge < -0.3 is 25.8 Å². The Morgan fingerprint density at radius 2 is 1.88 bits per heavy atom. The maximum Gasteiger partial charge on any atom is 0.319 e. The van der Waals surface area contributed by atoms with Crippen molar-refractivity contribution in [2.45, 2.75) is 39.2 Å². The van der Waals surface area contributed by atoms with Crippen molar-refractivity contribution in [3.8, 4) is 5.75 Å². The lowest BCUT2D eigenvalue weighted by Gasteiger charge is -2.26. The van der Waals surface area contributed by atoms with E-state index in [1.807, 2.05) is 0 Å². The van der Waals surface area contributed by atoms with Crippen LogP contribution in [-0.2, 0) is 9.59 Å². The van der Waals surface area contributed by atoms with Gasteiger partial charge >= 0.3 is 12.0 Å². The van der Waals surface area contributed by atoms with Crippen molar-refractivity contribution >= 4 is 29.3 Å². The number of carboxylic acid groups (broad SMARTS) is 1. The van der Waals surface area contributed by atoms with E-state index in [2.05, 4.69) is 16.0 Å². The number of carboxylic acids is 1. The van der Waals surface area contributed by atoms with Crippen LogP contribution in [0.25, 0.3) is 0 Å². The van der Waals surface area contributed by atoms with E-state index in [0.29, 0.717) is 23.5 Å². The summed E-state index contributed by atoms with van der Waals surface area (Å²) in [5, 5.41) is 16.7. The molecule has 0 aliphatic carbocycles. The Morgan fingerprint density at radius 3 is 2.42 bits per heavy atom.